The third-order valence-electron chi connectivity index (χ3n) is 3.19. The highest BCUT2D eigenvalue weighted by molar-refractivity contribution is 7.18. The van der Waals surface area contributed by atoms with E-state index in [1.54, 1.807) is 0 Å². The van der Waals surface area contributed by atoms with E-state index >= 15 is 0 Å². The predicted octanol–water partition coefficient (Wildman–Crippen LogP) is 1.95. The van der Waals surface area contributed by atoms with Crippen LogP contribution in [0.15, 0.2) is 30.6 Å². The molecule has 0 atom stereocenters. The van der Waals surface area contributed by atoms with Crippen molar-refractivity contribution in [2.24, 2.45) is 0 Å². The number of nitrogens with zero attached hydrogens (tertiary/aromatic N) is 6. The summed E-state index contributed by atoms with van der Waals surface area (Å²) in [5.41, 5.74) is 2.25. The molecule has 0 aliphatic rings. The lowest BCUT2D eigenvalue weighted by Crippen LogP contribution is -2.19. The van der Waals surface area contributed by atoms with Crippen LogP contribution in [-0.2, 0) is 11.3 Å². The third kappa shape index (κ3) is 3.75. The molecule has 118 valence electrons. The molecule has 0 saturated carbocycles. The Kier molecular flexibility index (Phi) is 4.38. The highest BCUT2D eigenvalue weighted by Crippen LogP contribution is 2.27. The van der Waals surface area contributed by atoms with Crippen molar-refractivity contribution >= 4 is 22.4 Å². The van der Waals surface area contributed by atoms with Crippen LogP contribution in [0.3, 0.4) is 0 Å². The number of aromatic nitrogens is 6. The molecule has 0 bridgehead atoms. The fraction of sp³-hybridized carbons (Fsp3) is 0.286. The number of amides is 1. The highest BCUT2D eigenvalue weighted by atomic mass is 32.1. The molecule has 0 aliphatic heterocycles. The second-order valence-corrected chi connectivity index (χ2v) is 6.22. The van der Waals surface area contributed by atoms with Crippen LogP contribution in [-0.4, -0.2) is 36.3 Å². The average molecular weight is 329 g/mol. The molecule has 0 radical (unpaired) electrons. The van der Waals surface area contributed by atoms with Crippen molar-refractivity contribution in [3.8, 4) is 10.6 Å². The van der Waals surface area contributed by atoms with Crippen molar-refractivity contribution in [2.75, 3.05) is 5.32 Å². The first-order valence-corrected chi connectivity index (χ1v) is 7.88. The minimum absolute atomic E-state index is 0.0327. The molecule has 1 amide bonds. The van der Waals surface area contributed by atoms with Crippen molar-refractivity contribution in [3.63, 3.8) is 0 Å². The largest absolute Gasteiger partial charge is 0.299 e. The standard InChI is InChI=1S/C14H15N7OS/c1-9(2)10-3-5-11(6-4-10)13-17-18-14(23-13)16-12(22)7-21-8-15-19-20-21/h3-6,8-9H,7H2,1-2H3,(H,16,18,22). The number of nitrogens with one attached hydrogen (secondary N) is 1. The van der Waals surface area contributed by atoms with E-state index in [1.165, 1.54) is 27.9 Å². The van der Waals surface area contributed by atoms with Crippen LogP contribution in [0.4, 0.5) is 5.13 Å². The van der Waals surface area contributed by atoms with E-state index in [0.717, 1.165) is 10.6 Å². The maximum Gasteiger partial charge on any atom is 0.248 e. The number of tetrazole rings is 1. The summed E-state index contributed by atoms with van der Waals surface area (Å²) in [5.74, 6) is 0.231. The number of rotatable bonds is 5. The van der Waals surface area contributed by atoms with Gasteiger partial charge in [-0.25, -0.2) is 4.68 Å². The first kappa shape index (κ1) is 15.2. The van der Waals surface area contributed by atoms with Gasteiger partial charge in [0, 0.05) is 5.56 Å². The maximum absolute atomic E-state index is 11.9. The molecule has 23 heavy (non-hydrogen) atoms. The van der Waals surface area contributed by atoms with Gasteiger partial charge in [0.15, 0.2) is 0 Å². The first-order valence-electron chi connectivity index (χ1n) is 7.06. The van der Waals surface area contributed by atoms with E-state index in [0.29, 0.717) is 11.0 Å². The van der Waals surface area contributed by atoms with Crippen LogP contribution < -0.4 is 5.32 Å². The Bertz CT molecular complexity index is 780. The number of benzene rings is 1. The molecule has 3 aromatic rings. The SMILES string of the molecule is CC(C)c1ccc(-c2nnc(NC(=O)Cn3cnnn3)s2)cc1. The van der Waals surface area contributed by atoms with Gasteiger partial charge in [0.25, 0.3) is 0 Å². The van der Waals surface area contributed by atoms with Gasteiger partial charge in [-0.05, 0) is 21.9 Å². The van der Waals surface area contributed by atoms with E-state index in [1.807, 2.05) is 12.1 Å². The van der Waals surface area contributed by atoms with Crippen LogP contribution in [0, 0.1) is 0 Å². The van der Waals surface area contributed by atoms with Gasteiger partial charge < -0.3 is 0 Å². The molecule has 0 fully saturated rings. The smallest absolute Gasteiger partial charge is 0.248 e. The number of anilines is 1. The van der Waals surface area contributed by atoms with Crippen LogP contribution in [0.2, 0.25) is 0 Å². The van der Waals surface area contributed by atoms with E-state index in [4.69, 9.17) is 0 Å². The number of hydrogen-bond acceptors (Lipinski definition) is 7. The first-order chi connectivity index (χ1) is 11.1. The second-order valence-electron chi connectivity index (χ2n) is 5.24. The molecule has 0 saturated heterocycles. The minimum Gasteiger partial charge on any atom is -0.299 e. The van der Waals surface area contributed by atoms with Crippen molar-refractivity contribution in [1.29, 1.82) is 0 Å². The maximum atomic E-state index is 11.9. The summed E-state index contributed by atoms with van der Waals surface area (Å²) in [7, 11) is 0. The molecule has 1 aromatic carbocycles. The Hall–Kier alpha value is -2.68. The summed E-state index contributed by atoms with van der Waals surface area (Å²) in [6.45, 7) is 4.33. The van der Waals surface area contributed by atoms with E-state index in [9.17, 15) is 4.79 Å². The van der Waals surface area contributed by atoms with Crippen molar-refractivity contribution in [1.82, 2.24) is 30.4 Å². The lowest BCUT2D eigenvalue weighted by molar-refractivity contribution is -0.116. The van der Waals surface area contributed by atoms with Gasteiger partial charge >= 0.3 is 0 Å². The van der Waals surface area contributed by atoms with Crippen molar-refractivity contribution in [2.45, 2.75) is 26.3 Å². The summed E-state index contributed by atoms with van der Waals surface area (Å²) < 4.78 is 1.34. The summed E-state index contributed by atoms with van der Waals surface area (Å²) >= 11 is 1.33. The van der Waals surface area contributed by atoms with Crippen molar-refractivity contribution < 1.29 is 4.79 Å². The Morgan fingerprint density at radius 2 is 2.04 bits per heavy atom. The molecule has 0 unspecified atom stereocenters. The molecule has 0 spiro atoms. The number of carbonyl (C=O) groups excluding carboxylic acids is 1. The summed E-state index contributed by atoms with van der Waals surface area (Å²) in [4.78, 5) is 11.9. The molecule has 0 aliphatic carbocycles. The number of carbonyl (C=O) groups is 1. The van der Waals surface area contributed by atoms with Crippen LogP contribution in [0.25, 0.3) is 10.6 Å². The second kappa shape index (κ2) is 6.61. The van der Waals surface area contributed by atoms with Gasteiger partial charge in [-0.3, -0.25) is 10.1 Å². The Balaban J connectivity index is 1.66. The average Bonchev–Trinajstić information content (AvgIpc) is 3.19. The third-order valence-corrected chi connectivity index (χ3v) is 4.08. The van der Waals surface area contributed by atoms with Gasteiger partial charge in [0.2, 0.25) is 11.0 Å². The molecular formula is C14H15N7OS. The van der Waals surface area contributed by atoms with Crippen LogP contribution >= 0.6 is 11.3 Å². The van der Waals surface area contributed by atoms with Crippen LogP contribution in [0.1, 0.15) is 25.3 Å². The number of hydrogen-bond donors (Lipinski definition) is 1. The van der Waals surface area contributed by atoms with Crippen LogP contribution in [0.5, 0.6) is 0 Å². The van der Waals surface area contributed by atoms with Gasteiger partial charge in [-0.2, -0.15) is 0 Å². The van der Waals surface area contributed by atoms with Gasteiger partial charge in [-0.15, -0.1) is 15.3 Å². The summed E-state index contributed by atoms with van der Waals surface area (Å²) in [6.07, 6.45) is 1.38. The Labute approximate surface area is 136 Å². The van der Waals surface area contributed by atoms with Gasteiger partial charge in [-0.1, -0.05) is 49.4 Å². The molecule has 8 nitrogen and oxygen atoms in total. The predicted molar refractivity (Wildman–Crippen MR) is 85.9 cm³/mol. The van der Waals surface area contributed by atoms with E-state index in [2.05, 4.69) is 57.0 Å². The zero-order chi connectivity index (χ0) is 16.2. The van der Waals surface area contributed by atoms with Crippen molar-refractivity contribution in [3.05, 3.63) is 36.2 Å². The summed E-state index contributed by atoms with van der Waals surface area (Å²) in [6, 6.07) is 8.19. The lowest BCUT2D eigenvalue weighted by Gasteiger charge is -2.04. The highest BCUT2D eigenvalue weighted by Gasteiger charge is 2.11. The summed E-state index contributed by atoms with van der Waals surface area (Å²) in [5, 5.41) is 22.6. The Morgan fingerprint density at radius 1 is 1.26 bits per heavy atom. The molecule has 1 N–H and O–H groups in total. The fourth-order valence-electron chi connectivity index (χ4n) is 1.96. The Morgan fingerprint density at radius 3 is 2.70 bits per heavy atom. The lowest BCUT2D eigenvalue weighted by atomic mass is 10.0. The topological polar surface area (TPSA) is 98.5 Å². The molecule has 2 heterocycles. The monoisotopic (exact) mass is 329 g/mol. The fourth-order valence-corrected chi connectivity index (χ4v) is 2.72. The zero-order valence-electron chi connectivity index (χ0n) is 12.7. The zero-order valence-corrected chi connectivity index (χ0v) is 13.5. The quantitative estimate of drug-likeness (QED) is 0.768. The van der Waals surface area contributed by atoms with E-state index in [-0.39, 0.29) is 12.5 Å². The van der Waals surface area contributed by atoms with Gasteiger partial charge in [0.1, 0.15) is 17.9 Å². The molecule has 9 heteroatoms. The normalized spacial score (nSPS) is 10.9. The molecular weight excluding hydrogens is 314 g/mol. The van der Waals surface area contributed by atoms with Gasteiger partial charge in [0.05, 0.1) is 0 Å². The van der Waals surface area contributed by atoms with E-state index < -0.39 is 0 Å². The molecule has 2 aromatic heterocycles. The minimum atomic E-state index is -0.254. The molecule has 3 rings (SSSR count).